The van der Waals surface area contributed by atoms with Crippen molar-refractivity contribution < 1.29 is 0 Å². The van der Waals surface area contributed by atoms with Crippen LogP contribution in [0.3, 0.4) is 0 Å². The lowest BCUT2D eigenvalue weighted by atomic mass is 10.2. The van der Waals surface area contributed by atoms with Gasteiger partial charge in [0.1, 0.15) is 0 Å². The Hall–Kier alpha value is -0.0800. The predicted octanol–water partition coefficient (Wildman–Crippen LogP) is 2.01. The van der Waals surface area contributed by atoms with E-state index in [-0.39, 0.29) is 0 Å². The van der Waals surface area contributed by atoms with Crippen molar-refractivity contribution in [2.75, 3.05) is 19.6 Å². The van der Waals surface area contributed by atoms with Crippen molar-refractivity contribution in [1.82, 2.24) is 10.6 Å². The molecule has 2 N–H and O–H groups in total. The van der Waals surface area contributed by atoms with E-state index in [1.165, 1.54) is 6.42 Å². The summed E-state index contributed by atoms with van der Waals surface area (Å²) in [6.45, 7) is 13.7. The van der Waals surface area contributed by atoms with Crippen molar-refractivity contribution in [2.24, 2.45) is 0 Å². The number of rotatable bonds is 6. The van der Waals surface area contributed by atoms with E-state index >= 15 is 0 Å². The lowest BCUT2D eigenvalue weighted by Crippen LogP contribution is -2.37. The second kappa shape index (κ2) is 13.5. The molecule has 0 bridgehead atoms. The Labute approximate surface area is 78.1 Å². The van der Waals surface area contributed by atoms with Crippen molar-refractivity contribution in [3.05, 3.63) is 0 Å². The minimum Gasteiger partial charge on any atom is -0.315 e. The van der Waals surface area contributed by atoms with Gasteiger partial charge in [-0.25, -0.2) is 0 Å². The molecule has 0 rings (SSSR count). The minimum atomic E-state index is 0.657. The van der Waals surface area contributed by atoms with Crippen molar-refractivity contribution in [2.45, 2.75) is 47.1 Å². The smallest absolute Gasteiger partial charge is 0.0189 e. The fourth-order valence-electron chi connectivity index (χ4n) is 0.968. The second-order valence-corrected chi connectivity index (χ2v) is 2.47. The molecular formula is C10H26N2. The summed E-state index contributed by atoms with van der Waals surface area (Å²) in [5.41, 5.74) is 0. The lowest BCUT2D eigenvalue weighted by molar-refractivity contribution is 0.479. The van der Waals surface area contributed by atoms with Crippen molar-refractivity contribution >= 4 is 0 Å². The van der Waals surface area contributed by atoms with Gasteiger partial charge in [0.15, 0.2) is 0 Å². The van der Waals surface area contributed by atoms with E-state index in [9.17, 15) is 0 Å². The monoisotopic (exact) mass is 174 g/mol. The quantitative estimate of drug-likeness (QED) is 0.643. The van der Waals surface area contributed by atoms with Gasteiger partial charge in [0.2, 0.25) is 0 Å². The molecule has 0 aliphatic heterocycles. The van der Waals surface area contributed by atoms with Crippen LogP contribution in [0.25, 0.3) is 0 Å². The third-order valence-corrected chi connectivity index (χ3v) is 1.63. The summed E-state index contributed by atoms with van der Waals surface area (Å²) >= 11 is 0. The van der Waals surface area contributed by atoms with Crippen molar-refractivity contribution in [1.29, 1.82) is 0 Å². The Morgan fingerprint density at radius 2 is 1.58 bits per heavy atom. The predicted molar refractivity (Wildman–Crippen MR) is 57.6 cm³/mol. The summed E-state index contributed by atoms with van der Waals surface area (Å²) in [6.07, 6.45) is 1.21. The van der Waals surface area contributed by atoms with E-state index in [0.29, 0.717) is 6.04 Å². The van der Waals surface area contributed by atoms with E-state index in [2.05, 4.69) is 31.4 Å². The molecule has 0 aromatic carbocycles. The van der Waals surface area contributed by atoms with E-state index in [4.69, 9.17) is 0 Å². The van der Waals surface area contributed by atoms with Gasteiger partial charge in [-0.2, -0.15) is 0 Å². The molecule has 0 unspecified atom stereocenters. The fourth-order valence-corrected chi connectivity index (χ4v) is 0.968. The van der Waals surface area contributed by atoms with Crippen molar-refractivity contribution in [3.63, 3.8) is 0 Å². The van der Waals surface area contributed by atoms with Gasteiger partial charge in [-0.1, -0.05) is 34.6 Å². The maximum Gasteiger partial charge on any atom is 0.0189 e. The first-order valence-corrected chi connectivity index (χ1v) is 5.29. The van der Waals surface area contributed by atoms with E-state index in [1.54, 1.807) is 0 Å². The maximum absolute atomic E-state index is 3.40. The van der Waals surface area contributed by atoms with Crippen LogP contribution in [0.2, 0.25) is 0 Å². The van der Waals surface area contributed by atoms with Crippen LogP contribution in [-0.2, 0) is 0 Å². The highest BCUT2D eigenvalue weighted by molar-refractivity contribution is 4.65. The average molecular weight is 174 g/mol. The Kier molecular flexibility index (Phi) is 16.3. The minimum absolute atomic E-state index is 0.657. The number of hydrogen-bond acceptors (Lipinski definition) is 2. The van der Waals surface area contributed by atoms with Gasteiger partial charge >= 0.3 is 0 Å². The Morgan fingerprint density at radius 1 is 1.00 bits per heavy atom. The van der Waals surface area contributed by atoms with Crippen LogP contribution < -0.4 is 10.6 Å². The molecule has 0 aromatic rings. The number of nitrogens with one attached hydrogen (secondary N) is 2. The molecule has 0 radical (unpaired) electrons. The molecule has 0 saturated carbocycles. The van der Waals surface area contributed by atoms with Gasteiger partial charge in [0.25, 0.3) is 0 Å². The Morgan fingerprint density at radius 3 is 1.92 bits per heavy atom. The van der Waals surface area contributed by atoms with Crippen LogP contribution >= 0.6 is 0 Å². The molecule has 0 amide bonds. The van der Waals surface area contributed by atoms with Crippen LogP contribution in [0.5, 0.6) is 0 Å². The van der Waals surface area contributed by atoms with Crippen LogP contribution in [0.15, 0.2) is 0 Å². The van der Waals surface area contributed by atoms with E-state index in [0.717, 1.165) is 19.6 Å². The average Bonchev–Trinajstić information content (AvgIpc) is 2.15. The topological polar surface area (TPSA) is 24.1 Å². The second-order valence-electron chi connectivity index (χ2n) is 2.47. The number of likely N-dealkylation sites (N-methyl/N-ethyl adjacent to an activating group) is 2. The maximum atomic E-state index is 3.40. The highest BCUT2D eigenvalue weighted by Gasteiger charge is 2.00. The molecule has 2 heteroatoms. The summed E-state index contributed by atoms with van der Waals surface area (Å²) in [6, 6.07) is 0.657. The third kappa shape index (κ3) is 9.92. The van der Waals surface area contributed by atoms with Crippen LogP contribution in [0.4, 0.5) is 0 Å². The van der Waals surface area contributed by atoms with Crippen molar-refractivity contribution in [3.8, 4) is 0 Å². The molecule has 0 aliphatic carbocycles. The van der Waals surface area contributed by atoms with Gasteiger partial charge in [-0.3, -0.25) is 0 Å². The first kappa shape index (κ1) is 14.4. The summed E-state index contributed by atoms with van der Waals surface area (Å²) in [4.78, 5) is 0. The molecular weight excluding hydrogens is 148 g/mol. The van der Waals surface area contributed by atoms with Crippen LogP contribution in [-0.4, -0.2) is 25.7 Å². The largest absolute Gasteiger partial charge is 0.315 e. The third-order valence-electron chi connectivity index (χ3n) is 1.63. The molecule has 0 heterocycles. The Balaban J connectivity index is 0. The molecule has 2 nitrogen and oxygen atoms in total. The molecule has 0 aromatic heterocycles. The SMILES string of the molecule is CC.CCNC[C@@H](CC)NCC. The normalized spacial score (nSPS) is 11.8. The standard InChI is InChI=1S/C8H20N2.C2H6/c1-4-8(10-6-3)7-9-5-2;1-2/h8-10H,4-7H2,1-3H3;1-2H3/t8-;/m1./s1. The summed E-state index contributed by atoms with van der Waals surface area (Å²) < 4.78 is 0. The fraction of sp³-hybridized carbons (Fsp3) is 1.00. The molecule has 0 spiro atoms. The Bertz CT molecular complexity index is 64.9. The van der Waals surface area contributed by atoms with Gasteiger partial charge in [-0.05, 0) is 19.5 Å². The zero-order valence-electron chi connectivity index (χ0n) is 9.41. The molecule has 12 heavy (non-hydrogen) atoms. The van der Waals surface area contributed by atoms with Gasteiger partial charge in [0.05, 0.1) is 0 Å². The summed E-state index contributed by atoms with van der Waals surface area (Å²) in [5.74, 6) is 0. The zero-order valence-corrected chi connectivity index (χ0v) is 9.41. The van der Waals surface area contributed by atoms with Crippen LogP contribution in [0.1, 0.15) is 41.0 Å². The van der Waals surface area contributed by atoms with E-state index in [1.807, 2.05) is 13.8 Å². The highest BCUT2D eigenvalue weighted by atomic mass is 15.0. The molecule has 0 aliphatic rings. The number of hydrogen-bond donors (Lipinski definition) is 2. The van der Waals surface area contributed by atoms with Crippen LogP contribution in [0, 0.1) is 0 Å². The van der Waals surface area contributed by atoms with Gasteiger partial charge in [-0.15, -0.1) is 0 Å². The molecule has 0 saturated heterocycles. The molecule has 76 valence electrons. The lowest BCUT2D eigenvalue weighted by Gasteiger charge is -2.15. The summed E-state index contributed by atoms with van der Waals surface area (Å²) in [5, 5.41) is 6.73. The zero-order chi connectivity index (χ0) is 9.82. The molecule has 1 atom stereocenters. The molecule has 0 fully saturated rings. The van der Waals surface area contributed by atoms with Gasteiger partial charge < -0.3 is 10.6 Å². The van der Waals surface area contributed by atoms with E-state index < -0.39 is 0 Å². The van der Waals surface area contributed by atoms with Gasteiger partial charge in [0, 0.05) is 12.6 Å². The first-order valence-electron chi connectivity index (χ1n) is 5.29. The first-order chi connectivity index (χ1) is 5.85. The highest BCUT2D eigenvalue weighted by Crippen LogP contribution is 1.86. The summed E-state index contributed by atoms with van der Waals surface area (Å²) in [7, 11) is 0.